The van der Waals surface area contributed by atoms with E-state index in [0.29, 0.717) is 0 Å². The third-order valence-corrected chi connectivity index (χ3v) is 4.96. The SMILES string of the molecule is OCCOc1ccccc1C1(c2ccccc2OCCO)CCCC1. The lowest BCUT2D eigenvalue weighted by Crippen LogP contribution is -2.26. The van der Waals surface area contributed by atoms with Gasteiger partial charge in [-0.1, -0.05) is 49.2 Å². The molecule has 2 aromatic rings. The van der Waals surface area contributed by atoms with E-state index in [1.807, 2.05) is 36.4 Å². The summed E-state index contributed by atoms with van der Waals surface area (Å²) in [6.07, 6.45) is 4.38. The van der Waals surface area contributed by atoms with Crippen molar-refractivity contribution in [2.45, 2.75) is 31.1 Å². The zero-order valence-electron chi connectivity index (χ0n) is 14.5. The highest BCUT2D eigenvalue weighted by molar-refractivity contribution is 5.52. The van der Waals surface area contributed by atoms with Crippen molar-refractivity contribution >= 4 is 0 Å². The third-order valence-electron chi connectivity index (χ3n) is 4.96. The molecule has 1 saturated carbocycles. The van der Waals surface area contributed by atoms with Gasteiger partial charge in [-0.25, -0.2) is 0 Å². The molecule has 25 heavy (non-hydrogen) atoms. The summed E-state index contributed by atoms with van der Waals surface area (Å²) in [5.74, 6) is 1.66. The van der Waals surface area contributed by atoms with Crippen LogP contribution >= 0.6 is 0 Å². The predicted molar refractivity (Wildman–Crippen MR) is 97.3 cm³/mol. The van der Waals surface area contributed by atoms with Gasteiger partial charge in [0.15, 0.2) is 0 Å². The average Bonchev–Trinajstić information content (AvgIpc) is 3.16. The van der Waals surface area contributed by atoms with E-state index >= 15 is 0 Å². The van der Waals surface area contributed by atoms with Gasteiger partial charge in [-0.2, -0.15) is 0 Å². The molecule has 1 fully saturated rings. The Hall–Kier alpha value is -2.04. The van der Waals surface area contributed by atoms with E-state index in [2.05, 4.69) is 12.1 Å². The van der Waals surface area contributed by atoms with Gasteiger partial charge in [0.05, 0.1) is 13.2 Å². The smallest absolute Gasteiger partial charge is 0.123 e. The molecule has 134 valence electrons. The van der Waals surface area contributed by atoms with Crippen LogP contribution in [-0.4, -0.2) is 36.6 Å². The van der Waals surface area contributed by atoms with Gasteiger partial charge in [0, 0.05) is 16.5 Å². The van der Waals surface area contributed by atoms with Crippen molar-refractivity contribution in [3.63, 3.8) is 0 Å². The van der Waals surface area contributed by atoms with Crippen molar-refractivity contribution in [1.29, 1.82) is 0 Å². The zero-order chi connectivity index (χ0) is 17.5. The Kier molecular flexibility index (Phi) is 5.95. The lowest BCUT2D eigenvalue weighted by molar-refractivity contribution is 0.195. The molecule has 2 N–H and O–H groups in total. The molecule has 0 spiro atoms. The van der Waals surface area contributed by atoms with Crippen LogP contribution in [0.5, 0.6) is 11.5 Å². The Morgan fingerprint density at radius 1 is 0.720 bits per heavy atom. The van der Waals surface area contributed by atoms with E-state index in [4.69, 9.17) is 19.7 Å². The molecule has 0 saturated heterocycles. The van der Waals surface area contributed by atoms with Crippen molar-refractivity contribution in [2.24, 2.45) is 0 Å². The minimum atomic E-state index is -0.155. The summed E-state index contributed by atoms with van der Waals surface area (Å²) in [5, 5.41) is 18.3. The number of rotatable bonds is 8. The molecule has 0 atom stereocenters. The highest BCUT2D eigenvalue weighted by Crippen LogP contribution is 2.51. The van der Waals surface area contributed by atoms with Gasteiger partial charge < -0.3 is 19.7 Å². The van der Waals surface area contributed by atoms with Crippen LogP contribution in [0.1, 0.15) is 36.8 Å². The van der Waals surface area contributed by atoms with Crippen LogP contribution in [0.2, 0.25) is 0 Å². The van der Waals surface area contributed by atoms with Crippen molar-refractivity contribution in [3.8, 4) is 11.5 Å². The van der Waals surface area contributed by atoms with Crippen molar-refractivity contribution in [3.05, 3.63) is 59.7 Å². The van der Waals surface area contributed by atoms with Crippen LogP contribution in [0.4, 0.5) is 0 Å². The number of benzene rings is 2. The normalized spacial score (nSPS) is 15.9. The first-order valence-corrected chi connectivity index (χ1v) is 8.98. The standard InChI is InChI=1S/C21H26O4/c22-13-15-24-19-9-3-1-7-17(19)21(11-5-6-12-21)18-8-2-4-10-20(18)25-16-14-23/h1-4,7-10,22-23H,5-6,11-16H2. The van der Waals surface area contributed by atoms with E-state index in [9.17, 15) is 0 Å². The molecule has 0 aliphatic heterocycles. The maximum Gasteiger partial charge on any atom is 0.123 e. The van der Waals surface area contributed by atoms with E-state index < -0.39 is 0 Å². The molecule has 0 heterocycles. The predicted octanol–water partition coefficient (Wildman–Crippen LogP) is 3.29. The summed E-state index contributed by atoms with van der Waals surface area (Å²) in [6, 6.07) is 16.2. The summed E-state index contributed by atoms with van der Waals surface area (Å²) in [6.45, 7) is 0.570. The molecule has 0 aromatic heterocycles. The summed E-state index contributed by atoms with van der Waals surface area (Å²) in [7, 11) is 0. The van der Waals surface area contributed by atoms with Crippen LogP contribution in [0, 0.1) is 0 Å². The second-order valence-electron chi connectivity index (χ2n) is 6.43. The molecule has 0 amide bonds. The number of hydrogen-bond donors (Lipinski definition) is 2. The van der Waals surface area contributed by atoms with Crippen LogP contribution in [-0.2, 0) is 5.41 Å². The maximum absolute atomic E-state index is 9.14. The fraction of sp³-hybridized carbons (Fsp3) is 0.429. The molecule has 0 unspecified atom stereocenters. The quantitative estimate of drug-likeness (QED) is 0.773. The number of aliphatic hydroxyl groups excluding tert-OH is 2. The largest absolute Gasteiger partial charge is 0.491 e. The van der Waals surface area contributed by atoms with Crippen LogP contribution in [0.25, 0.3) is 0 Å². The van der Waals surface area contributed by atoms with Gasteiger partial charge in [0.1, 0.15) is 24.7 Å². The highest BCUT2D eigenvalue weighted by atomic mass is 16.5. The van der Waals surface area contributed by atoms with Gasteiger partial charge in [-0.3, -0.25) is 0 Å². The molecule has 1 aliphatic rings. The fourth-order valence-electron chi connectivity index (χ4n) is 3.95. The molecular formula is C21H26O4. The van der Waals surface area contributed by atoms with Gasteiger partial charge in [-0.05, 0) is 25.0 Å². The molecule has 0 bridgehead atoms. The summed E-state index contributed by atoms with van der Waals surface area (Å²) in [4.78, 5) is 0. The molecule has 2 aromatic carbocycles. The first-order valence-electron chi connectivity index (χ1n) is 8.98. The zero-order valence-corrected chi connectivity index (χ0v) is 14.5. The van der Waals surface area contributed by atoms with Gasteiger partial charge in [0.2, 0.25) is 0 Å². The van der Waals surface area contributed by atoms with E-state index in [-0.39, 0.29) is 31.8 Å². The van der Waals surface area contributed by atoms with Crippen LogP contribution in [0.15, 0.2) is 48.5 Å². The number of hydrogen-bond acceptors (Lipinski definition) is 4. The average molecular weight is 342 g/mol. The van der Waals surface area contributed by atoms with E-state index in [1.54, 1.807) is 0 Å². The topological polar surface area (TPSA) is 58.9 Å². The Morgan fingerprint density at radius 3 is 1.60 bits per heavy atom. The van der Waals surface area contributed by atoms with E-state index in [1.165, 1.54) is 0 Å². The van der Waals surface area contributed by atoms with Crippen molar-refractivity contribution in [2.75, 3.05) is 26.4 Å². The number of aliphatic hydroxyl groups is 2. The fourth-order valence-corrected chi connectivity index (χ4v) is 3.95. The lowest BCUT2D eigenvalue weighted by atomic mass is 9.72. The molecule has 4 nitrogen and oxygen atoms in total. The Bertz CT molecular complexity index is 624. The van der Waals surface area contributed by atoms with Crippen molar-refractivity contribution in [1.82, 2.24) is 0 Å². The van der Waals surface area contributed by atoms with Crippen molar-refractivity contribution < 1.29 is 19.7 Å². The lowest BCUT2D eigenvalue weighted by Gasteiger charge is -2.33. The molecule has 1 aliphatic carbocycles. The monoisotopic (exact) mass is 342 g/mol. The molecule has 0 radical (unpaired) electrons. The molecule has 4 heteroatoms. The summed E-state index contributed by atoms with van der Waals surface area (Å²) in [5.41, 5.74) is 2.15. The number of para-hydroxylation sites is 2. The first-order chi connectivity index (χ1) is 12.3. The Morgan fingerprint density at radius 2 is 1.16 bits per heavy atom. The van der Waals surface area contributed by atoms with E-state index in [0.717, 1.165) is 48.3 Å². The highest BCUT2D eigenvalue weighted by Gasteiger charge is 2.41. The second-order valence-corrected chi connectivity index (χ2v) is 6.43. The Labute approximate surface area is 149 Å². The van der Waals surface area contributed by atoms with Gasteiger partial charge in [0.25, 0.3) is 0 Å². The second kappa shape index (κ2) is 8.37. The third kappa shape index (κ3) is 3.65. The summed E-state index contributed by atoms with van der Waals surface area (Å²) < 4.78 is 11.7. The minimum absolute atomic E-state index is 0.00245. The first kappa shape index (κ1) is 17.8. The van der Waals surface area contributed by atoms with Crippen LogP contribution < -0.4 is 9.47 Å². The van der Waals surface area contributed by atoms with Gasteiger partial charge >= 0.3 is 0 Å². The van der Waals surface area contributed by atoms with Gasteiger partial charge in [-0.15, -0.1) is 0 Å². The summed E-state index contributed by atoms with van der Waals surface area (Å²) >= 11 is 0. The molecular weight excluding hydrogens is 316 g/mol. The maximum atomic E-state index is 9.14. The minimum Gasteiger partial charge on any atom is -0.491 e. The molecule has 3 rings (SSSR count). The Balaban J connectivity index is 2.07. The number of ether oxygens (including phenoxy) is 2. The van der Waals surface area contributed by atoms with Crippen LogP contribution in [0.3, 0.4) is 0 Å².